The molecule has 0 aliphatic rings. The van der Waals surface area contributed by atoms with Gasteiger partial charge in [-0.25, -0.2) is 24.6 Å². The molecule has 0 fully saturated rings. The Morgan fingerprint density at radius 2 is 2.06 bits per heavy atom. The fourth-order valence-electron chi connectivity index (χ4n) is 3.37. The Balaban J connectivity index is 1.56. The van der Waals surface area contributed by atoms with Gasteiger partial charge >= 0.3 is 6.09 Å². The highest BCUT2D eigenvalue weighted by Gasteiger charge is 2.20. The number of carbonyl (C=O) groups excluding carboxylic acids is 1. The number of hydrogen-bond acceptors (Lipinski definition) is 6. The van der Waals surface area contributed by atoms with Crippen LogP contribution in [0.3, 0.4) is 0 Å². The number of nitrogens with one attached hydrogen (secondary N) is 1. The molecule has 0 spiro atoms. The standard InChI is InChI=1S/C23H22FN5O3/c1-14-20(12-26-21(27-14)18-6-4-5-9-25-18)32-22(30)28-29-13-15(11-23(2,3)31)17-10-16(24)7-8-19(17)29/h4-10,12-13,31H,11H2,1-3H3,(H,28,30). The maximum Gasteiger partial charge on any atom is 0.432 e. The molecule has 9 heteroatoms. The van der Waals surface area contributed by atoms with Crippen LogP contribution in [0.25, 0.3) is 22.4 Å². The van der Waals surface area contributed by atoms with Gasteiger partial charge in [-0.3, -0.25) is 9.66 Å². The molecular formula is C23H22FN5O3. The predicted molar refractivity (Wildman–Crippen MR) is 117 cm³/mol. The Bertz CT molecular complexity index is 1280. The molecule has 0 aliphatic heterocycles. The lowest BCUT2D eigenvalue weighted by Crippen LogP contribution is -2.26. The Hall–Kier alpha value is -3.85. The third-order valence-corrected chi connectivity index (χ3v) is 4.71. The van der Waals surface area contributed by atoms with Gasteiger partial charge in [0.15, 0.2) is 11.6 Å². The van der Waals surface area contributed by atoms with Gasteiger partial charge in [-0.2, -0.15) is 0 Å². The highest BCUT2D eigenvalue weighted by atomic mass is 19.1. The highest BCUT2D eigenvalue weighted by Crippen LogP contribution is 2.26. The average Bonchev–Trinajstić information content (AvgIpc) is 3.04. The summed E-state index contributed by atoms with van der Waals surface area (Å²) in [6.45, 7) is 5.02. The number of amides is 1. The smallest absolute Gasteiger partial charge is 0.406 e. The Morgan fingerprint density at radius 1 is 1.25 bits per heavy atom. The zero-order chi connectivity index (χ0) is 22.9. The van der Waals surface area contributed by atoms with E-state index in [1.807, 2.05) is 6.07 Å². The summed E-state index contributed by atoms with van der Waals surface area (Å²) >= 11 is 0. The zero-order valence-corrected chi connectivity index (χ0v) is 17.8. The fraction of sp³-hybridized carbons (Fsp3) is 0.217. The van der Waals surface area contributed by atoms with Gasteiger partial charge in [-0.05, 0) is 56.7 Å². The number of aromatic nitrogens is 4. The molecule has 0 radical (unpaired) electrons. The van der Waals surface area contributed by atoms with E-state index in [2.05, 4.69) is 20.4 Å². The van der Waals surface area contributed by atoms with E-state index in [1.54, 1.807) is 51.4 Å². The molecule has 0 bridgehead atoms. The van der Waals surface area contributed by atoms with E-state index < -0.39 is 17.5 Å². The zero-order valence-electron chi connectivity index (χ0n) is 17.8. The Labute approximate surface area is 183 Å². The summed E-state index contributed by atoms with van der Waals surface area (Å²) in [4.78, 5) is 25.3. The summed E-state index contributed by atoms with van der Waals surface area (Å²) in [6, 6.07) is 9.63. The molecule has 0 saturated carbocycles. The molecule has 0 unspecified atom stereocenters. The third kappa shape index (κ3) is 4.73. The maximum atomic E-state index is 13.8. The van der Waals surface area contributed by atoms with E-state index in [1.165, 1.54) is 23.0 Å². The van der Waals surface area contributed by atoms with Gasteiger partial charge < -0.3 is 9.84 Å². The first kappa shape index (κ1) is 21.4. The molecule has 3 heterocycles. The molecule has 4 rings (SSSR count). The van der Waals surface area contributed by atoms with Crippen LogP contribution >= 0.6 is 0 Å². The minimum absolute atomic E-state index is 0.196. The van der Waals surface area contributed by atoms with E-state index >= 15 is 0 Å². The number of hydrogen-bond donors (Lipinski definition) is 2. The molecule has 0 atom stereocenters. The van der Waals surface area contributed by atoms with Crippen molar-refractivity contribution in [2.24, 2.45) is 0 Å². The molecule has 32 heavy (non-hydrogen) atoms. The molecule has 1 aromatic carbocycles. The van der Waals surface area contributed by atoms with Crippen LogP contribution in [-0.4, -0.2) is 36.4 Å². The normalized spacial score (nSPS) is 11.5. The monoisotopic (exact) mass is 435 g/mol. The van der Waals surface area contributed by atoms with Crippen molar-refractivity contribution in [3.05, 3.63) is 72.1 Å². The minimum Gasteiger partial charge on any atom is -0.406 e. The van der Waals surface area contributed by atoms with E-state index in [9.17, 15) is 14.3 Å². The van der Waals surface area contributed by atoms with Crippen molar-refractivity contribution in [2.45, 2.75) is 32.8 Å². The Morgan fingerprint density at radius 3 is 2.75 bits per heavy atom. The number of nitrogens with zero attached hydrogens (tertiary/aromatic N) is 4. The Kier molecular flexibility index (Phi) is 5.58. The van der Waals surface area contributed by atoms with Gasteiger partial charge in [-0.1, -0.05) is 6.07 Å². The first-order valence-corrected chi connectivity index (χ1v) is 9.95. The summed E-state index contributed by atoms with van der Waals surface area (Å²) in [5.74, 6) is 0.211. The quantitative estimate of drug-likeness (QED) is 0.491. The average molecular weight is 435 g/mol. The topological polar surface area (TPSA) is 102 Å². The fourth-order valence-corrected chi connectivity index (χ4v) is 3.37. The molecule has 1 amide bonds. The third-order valence-electron chi connectivity index (χ3n) is 4.71. The number of pyridine rings is 1. The second-order valence-electron chi connectivity index (χ2n) is 8.03. The van der Waals surface area contributed by atoms with Crippen molar-refractivity contribution in [2.75, 3.05) is 5.43 Å². The summed E-state index contributed by atoms with van der Waals surface area (Å²) in [5.41, 5.74) is 3.95. The van der Waals surface area contributed by atoms with E-state index in [0.29, 0.717) is 33.7 Å². The summed E-state index contributed by atoms with van der Waals surface area (Å²) in [7, 11) is 0. The van der Waals surface area contributed by atoms with Crippen molar-refractivity contribution in [3.63, 3.8) is 0 Å². The number of ether oxygens (including phenoxy) is 1. The van der Waals surface area contributed by atoms with Crippen molar-refractivity contribution in [1.82, 2.24) is 19.6 Å². The van der Waals surface area contributed by atoms with Gasteiger partial charge in [-0.15, -0.1) is 0 Å². The van der Waals surface area contributed by atoms with Gasteiger partial charge in [0.2, 0.25) is 0 Å². The lowest BCUT2D eigenvalue weighted by Gasteiger charge is -2.16. The first-order chi connectivity index (χ1) is 15.2. The molecule has 164 valence electrons. The number of carbonyl (C=O) groups is 1. The van der Waals surface area contributed by atoms with Gasteiger partial charge in [0.1, 0.15) is 11.5 Å². The molecule has 0 saturated heterocycles. The van der Waals surface area contributed by atoms with Crippen LogP contribution in [0, 0.1) is 12.7 Å². The molecule has 8 nitrogen and oxygen atoms in total. The van der Waals surface area contributed by atoms with Crippen LogP contribution in [0.1, 0.15) is 25.1 Å². The first-order valence-electron chi connectivity index (χ1n) is 9.95. The van der Waals surface area contributed by atoms with Crippen LogP contribution < -0.4 is 10.2 Å². The molecular weight excluding hydrogens is 413 g/mol. The van der Waals surface area contributed by atoms with E-state index in [4.69, 9.17) is 4.74 Å². The van der Waals surface area contributed by atoms with Crippen molar-refractivity contribution < 1.29 is 19.0 Å². The highest BCUT2D eigenvalue weighted by molar-refractivity contribution is 5.87. The molecule has 4 aromatic rings. The van der Waals surface area contributed by atoms with Crippen LogP contribution in [0.2, 0.25) is 0 Å². The summed E-state index contributed by atoms with van der Waals surface area (Å²) < 4.78 is 20.6. The van der Waals surface area contributed by atoms with Gasteiger partial charge in [0.05, 0.1) is 23.0 Å². The number of aliphatic hydroxyl groups is 1. The minimum atomic E-state index is -1.00. The second-order valence-corrected chi connectivity index (χ2v) is 8.03. The number of fused-ring (bicyclic) bond motifs is 1. The SMILES string of the molecule is Cc1nc(-c2ccccn2)ncc1OC(=O)Nn1cc(CC(C)(C)O)c2cc(F)ccc21. The van der Waals surface area contributed by atoms with Crippen molar-refractivity contribution in [3.8, 4) is 17.3 Å². The van der Waals surface area contributed by atoms with Crippen LogP contribution in [0.5, 0.6) is 5.75 Å². The number of halogens is 1. The van der Waals surface area contributed by atoms with Gasteiger partial charge in [0.25, 0.3) is 0 Å². The van der Waals surface area contributed by atoms with Crippen molar-refractivity contribution >= 4 is 17.0 Å². The van der Waals surface area contributed by atoms with Crippen LogP contribution in [0.15, 0.2) is 55.0 Å². The number of rotatable bonds is 5. The predicted octanol–water partition coefficient (Wildman–Crippen LogP) is 4.00. The van der Waals surface area contributed by atoms with Crippen molar-refractivity contribution in [1.29, 1.82) is 0 Å². The molecule has 0 aliphatic carbocycles. The van der Waals surface area contributed by atoms with Crippen LogP contribution in [0.4, 0.5) is 9.18 Å². The number of aryl methyl sites for hydroxylation is 1. The summed E-state index contributed by atoms with van der Waals surface area (Å²) in [6.07, 6.45) is 4.20. The molecule has 2 N–H and O–H groups in total. The van der Waals surface area contributed by atoms with Crippen LogP contribution in [-0.2, 0) is 6.42 Å². The molecule has 3 aromatic heterocycles. The van der Waals surface area contributed by atoms with E-state index in [0.717, 1.165) is 0 Å². The summed E-state index contributed by atoms with van der Waals surface area (Å²) in [5, 5.41) is 10.8. The second kappa shape index (κ2) is 8.35. The van der Waals surface area contributed by atoms with Gasteiger partial charge in [0, 0.05) is 24.2 Å². The number of benzene rings is 1. The lowest BCUT2D eigenvalue weighted by molar-refractivity contribution is 0.0813. The van der Waals surface area contributed by atoms with E-state index in [-0.39, 0.29) is 12.2 Å². The largest absolute Gasteiger partial charge is 0.432 e. The lowest BCUT2D eigenvalue weighted by atomic mass is 9.98. The maximum absolute atomic E-state index is 13.8.